The first-order chi connectivity index (χ1) is 4.34. The van der Waals surface area contributed by atoms with Gasteiger partial charge in [-0.25, -0.2) is 0 Å². The van der Waals surface area contributed by atoms with E-state index in [4.69, 9.17) is 11.6 Å². The van der Waals surface area contributed by atoms with Crippen LogP contribution in [0.2, 0.25) is 5.02 Å². The van der Waals surface area contributed by atoms with Gasteiger partial charge in [0.05, 0.1) is 0 Å². The lowest BCUT2D eigenvalue weighted by Crippen LogP contribution is -1.78. The second-order valence-electron chi connectivity index (χ2n) is 1.84. The molecule has 0 fully saturated rings. The maximum Gasteiger partial charge on any atom is 0.0437 e. The zero-order valence-electron chi connectivity index (χ0n) is 5.10. The van der Waals surface area contributed by atoms with E-state index in [1.165, 1.54) is 0 Å². The molecular weight excluding hydrogens is 132 g/mol. The third-order valence-corrected chi connectivity index (χ3v) is 1.60. The SMILES string of the molecule is [CH2]Cc1ccccc1Cl. The average molecular weight is 140 g/mol. The molecule has 9 heavy (non-hydrogen) atoms. The summed E-state index contributed by atoms with van der Waals surface area (Å²) in [7, 11) is 0. The molecule has 1 aromatic carbocycles. The number of halogens is 1. The molecule has 1 radical (unpaired) electrons. The topological polar surface area (TPSA) is 0 Å². The van der Waals surface area contributed by atoms with Gasteiger partial charge >= 0.3 is 0 Å². The Balaban J connectivity index is 3.01. The molecule has 0 aliphatic rings. The summed E-state index contributed by atoms with van der Waals surface area (Å²) < 4.78 is 0. The molecular formula is C8H8Cl. The molecule has 1 heteroatoms. The molecule has 0 aromatic heterocycles. The molecule has 0 unspecified atom stereocenters. The van der Waals surface area contributed by atoms with Crippen LogP contribution in [0.4, 0.5) is 0 Å². The van der Waals surface area contributed by atoms with Crippen LogP contribution in [-0.4, -0.2) is 0 Å². The predicted octanol–water partition coefficient (Wildman–Crippen LogP) is 2.72. The molecule has 0 nitrogen and oxygen atoms in total. The van der Waals surface area contributed by atoms with Crippen molar-refractivity contribution in [3.05, 3.63) is 41.8 Å². The maximum atomic E-state index is 5.78. The van der Waals surface area contributed by atoms with Gasteiger partial charge in [0.15, 0.2) is 0 Å². The van der Waals surface area contributed by atoms with Crippen molar-refractivity contribution in [3.8, 4) is 0 Å². The molecule has 0 saturated carbocycles. The monoisotopic (exact) mass is 139 g/mol. The van der Waals surface area contributed by atoms with Crippen molar-refractivity contribution in [3.63, 3.8) is 0 Å². The zero-order chi connectivity index (χ0) is 6.69. The van der Waals surface area contributed by atoms with Gasteiger partial charge in [0.2, 0.25) is 0 Å². The van der Waals surface area contributed by atoms with Crippen molar-refractivity contribution in [2.75, 3.05) is 0 Å². The van der Waals surface area contributed by atoms with Crippen LogP contribution in [0.3, 0.4) is 0 Å². The quantitative estimate of drug-likeness (QED) is 0.561. The highest BCUT2D eigenvalue weighted by atomic mass is 35.5. The molecule has 0 amide bonds. The molecule has 0 saturated heterocycles. The van der Waals surface area contributed by atoms with E-state index in [0.717, 1.165) is 17.0 Å². The molecule has 0 aliphatic carbocycles. The summed E-state index contributed by atoms with van der Waals surface area (Å²) in [5, 5.41) is 0.813. The van der Waals surface area contributed by atoms with E-state index in [2.05, 4.69) is 6.92 Å². The summed E-state index contributed by atoms with van der Waals surface area (Å²) >= 11 is 5.78. The van der Waals surface area contributed by atoms with Gasteiger partial charge in [0.1, 0.15) is 0 Å². The van der Waals surface area contributed by atoms with Gasteiger partial charge in [-0.2, -0.15) is 0 Å². The van der Waals surface area contributed by atoms with Crippen LogP contribution in [0.5, 0.6) is 0 Å². The van der Waals surface area contributed by atoms with E-state index in [0.29, 0.717) is 0 Å². The Kier molecular flexibility index (Phi) is 2.12. The third-order valence-electron chi connectivity index (χ3n) is 1.23. The Labute approximate surface area is 60.5 Å². The summed E-state index contributed by atoms with van der Waals surface area (Å²) in [6, 6.07) is 7.74. The van der Waals surface area contributed by atoms with Crippen LogP contribution in [0.1, 0.15) is 5.56 Å². The first kappa shape index (κ1) is 6.63. The lowest BCUT2D eigenvalue weighted by atomic mass is 10.2. The summed E-state index contributed by atoms with van der Waals surface area (Å²) in [5.41, 5.74) is 1.11. The summed E-state index contributed by atoms with van der Waals surface area (Å²) in [4.78, 5) is 0. The van der Waals surface area contributed by atoms with Crippen molar-refractivity contribution < 1.29 is 0 Å². The largest absolute Gasteiger partial charge is 0.0840 e. The van der Waals surface area contributed by atoms with Crippen molar-refractivity contribution in [2.24, 2.45) is 0 Å². The number of hydrogen-bond donors (Lipinski definition) is 0. The van der Waals surface area contributed by atoms with Crippen LogP contribution in [0.25, 0.3) is 0 Å². The van der Waals surface area contributed by atoms with Crippen molar-refractivity contribution in [2.45, 2.75) is 6.42 Å². The highest BCUT2D eigenvalue weighted by Crippen LogP contribution is 2.14. The highest BCUT2D eigenvalue weighted by molar-refractivity contribution is 6.31. The minimum Gasteiger partial charge on any atom is -0.0840 e. The molecule has 1 rings (SSSR count). The summed E-state index contributed by atoms with van der Waals surface area (Å²) in [5.74, 6) is 0. The van der Waals surface area contributed by atoms with Gasteiger partial charge < -0.3 is 0 Å². The van der Waals surface area contributed by atoms with Gasteiger partial charge in [-0.1, -0.05) is 29.8 Å². The predicted molar refractivity (Wildman–Crippen MR) is 40.5 cm³/mol. The van der Waals surface area contributed by atoms with E-state index in [1.54, 1.807) is 0 Å². The van der Waals surface area contributed by atoms with Crippen LogP contribution in [-0.2, 0) is 6.42 Å². The second kappa shape index (κ2) is 2.88. The van der Waals surface area contributed by atoms with Crippen molar-refractivity contribution in [1.82, 2.24) is 0 Å². The van der Waals surface area contributed by atoms with Crippen molar-refractivity contribution >= 4 is 11.6 Å². The van der Waals surface area contributed by atoms with E-state index >= 15 is 0 Å². The molecule has 0 spiro atoms. The fourth-order valence-corrected chi connectivity index (χ4v) is 0.931. The van der Waals surface area contributed by atoms with E-state index < -0.39 is 0 Å². The van der Waals surface area contributed by atoms with Gasteiger partial charge in [-0.3, -0.25) is 0 Å². The second-order valence-corrected chi connectivity index (χ2v) is 2.25. The van der Waals surface area contributed by atoms with Gasteiger partial charge in [-0.05, 0) is 25.0 Å². The number of benzene rings is 1. The first-order valence-electron chi connectivity index (χ1n) is 2.87. The normalized spacial score (nSPS) is 9.56. The van der Waals surface area contributed by atoms with E-state index in [-0.39, 0.29) is 0 Å². The standard InChI is InChI=1S/C8H8Cl/c1-2-7-5-3-4-6-8(7)9/h3-6H,1-2H2. The Morgan fingerprint density at radius 1 is 1.33 bits per heavy atom. The van der Waals surface area contributed by atoms with Crippen LogP contribution in [0.15, 0.2) is 24.3 Å². The van der Waals surface area contributed by atoms with Crippen LogP contribution in [0, 0.1) is 6.92 Å². The minimum atomic E-state index is 0.764. The van der Waals surface area contributed by atoms with Gasteiger partial charge in [0, 0.05) is 5.02 Å². The smallest absolute Gasteiger partial charge is 0.0437 e. The first-order valence-corrected chi connectivity index (χ1v) is 3.25. The lowest BCUT2D eigenvalue weighted by molar-refractivity contribution is 1.27. The molecule has 47 valence electrons. The lowest BCUT2D eigenvalue weighted by Gasteiger charge is -1.96. The number of rotatable bonds is 1. The highest BCUT2D eigenvalue weighted by Gasteiger charge is 1.91. The van der Waals surface area contributed by atoms with Crippen molar-refractivity contribution in [1.29, 1.82) is 0 Å². The van der Waals surface area contributed by atoms with Gasteiger partial charge in [-0.15, -0.1) is 0 Å². The third kappa shape index (κ3) is 1.46. The fraction of sp³-hybridized carbons (Fsp3) is 0.125. The Hall–Kier alpha value is -0.490. The summed E-state index contributed by atoms with van der Waals surface area (Å²) in [6.07, 6.45) is 0.764. The number of hydrogen-bond acceptors (Lipinski definition) is 0. The fourth-order valence-electron chi connectivity index (χ4n) is 0.701. The molecule has 0 N–H and O–H groups in total. The summed E-state index contributed by atoms with van der Waals surface area (Å²) in [6.45, 7) is 3.73. The molecule has 1 aromatic rings. The van der Waals surface area contributed by atoms with Crippen LogP contribution < -0.4 is 0 Å². The Morgan fingerprint density at radius 3 is 2.44 bits per heavy atom. The molecule has 0 aliphatic heterocycles. The zero-order valence-corrected chi connectivity index (χ0v) is 5.86. The molecule has 0 atom stereocenters. The van der Waals surface area contributed by atoms with E-state index in [1.807, 2.05) is 24.3 Å². The van der Waals surface area contributed by atoms with Crippen LogP contribution >= 0.6 is 11.6 Å². The minimum absolute atomic E-state index is 0.764. The Morgan fingerprint density at radius 2 is 2.00 bits per heavy atom. The van der Waals surface area contributed by atoms with Gasteiger partial charge in [0.25, 0.3) is 0 Å². The molecule has 0 heterocycles. The average Bonchev–Trinajstić information content (AvgIpc) is 1.89. The Bertz CT molecular complexity index is 194. The maximum absolute atomic E-state index is 5.78. The molecule has 0 bridgehead atoms. The van der Waals surface area contributed by atoms with E-state index in [9.17, 15) is 0 Å².